The molecule has 3 N–H and O–H groups in total. The fourth-order valence-corrected chi connectivity index (χ4v) is 1.44. The van der Waals surface area contributed by atoms with Gasteiger partial charge in [0.15, 0.2) is 0 Å². The Bertz CT molecular complexity index is 194. The van der Waals surface area contributed by atoms with E-state index in [2.05, 4.69) is 5.32 Å². The molecule has 1 saturated carbocycles. The van der Waals surface area contributed by atoms with Crippen molar-refractivity contribution in [2.45, 2.75) is 31.4 Å². The van der Waals surface area contributed by atoms with Crippen LogP contribution in [0.1, 0.15) is 12.8 Å². The maximum atomic E-state index is 11.9. The van der Waals surface area contributed by atoms with E-state index in [1.165, 1.54) is 0 Å². The third kappa shape index (κ3) is 2.51. The lowest BCUT2D eigenvalue weighted by Crippen LogP contribution is -2.49. The highest BCUT2D eigenvalue weighted by Gasteiger charge is 2.38. The average Bonchev–Trinajstić information content (AvgIpc) is 1.94. The Morgan fingerprint density at radius 3 is 2.38 bits per heavy atom. The summed E-state index contributed by atoms with van der Waals surface area (Å²) in [6, 6.07) is -0.282. The van der Waals surface area contributed by atoms with Gasteiger partial charge in [-0.3, -0.25) is 0 Å². The summed E-state index contributed by atoms with van der Waals surface area (Å²) in [4.78, 5) is 10.1. The molecular formula is C7H11F2NO3. The zero-order valence-electron chi connectivity index (χ0n) is 6.78. The van der Waals surface area contributed by atoms with Gasteiger partial charge in [0.05, 0.1) is 0 Å². The van der Waals surface area contributed by atoms with Crippen molar-refractivity contribution in [1.29, 1.82) is 0 Å². The molecule has 1 fully saturated rings. The highest BCUT2D eigenvalue weighted by Crippen LogP contribution is 2.32. The fraction of sp³-hybridized carbons (Fsp3) is 0.857. The van der Waals surface area contributed by atoms with Crippen molar-refractivity contribution in [3.63, 3.8) is 0 Å². The summed E-state index contributed by atoms with van der Waals surface area (Å²) in [5.74, 6) is -0.475. The Hall–Kier alpha value is -0.910. The van der Waals surface area contributed by atoms with Crippen LogP contribution in [-0.2, 0) is 0 Å². The summed E-state index contributed by atoms with van der Waals surface area (Å²) in [7, 11) is 0. The van der Waals surface area contributed by atoms with Crippen LogP contribution in [-0.4, -0.2) is 34.9 Å². The topological polar surface area (TPSA) is 69.6 Å². The highest BCUT2D eigenvalue weighted by molar-refractivity contribution is 5.65. The van der Waals surface area contributed by atoms with Gasteiger partial charge in [0, 0.05) is 6.04 Å². The van der Waals surface area contributed by atoms with Crippen molar-refractivity contribution >= 4 is 6.09 Å². The molecule has 1 amide bonds. The molecule has 0 aliphatic heterocycles. The van der Waals surface area contributed by atoms with Gasteiger partial charge in [-0.2, -0.15) is 0 Å². The first kappa shape index (κ1) is 10.2. The first-order chi connectivity index (χ1) is 6.00. The molecule has 0 aromatic heterocycles. The van der Waals surface area contributed by atoms with Crippen LogP contribution >= 0.6 is 0 Å². The molecule has 0 aromatic rings. The molecule has 4 nitrogen and oxygen atoms in total. The summed E-state index contributed by atoms with van der Waals surface area (Å²) in [6.07, 6.45) is -4.94. The van der Waals surface area contributed by atoms with Crippen molar-refractivity contribution in [2.24, 2.45) is 5.92 Å². The number of hydrogen-bond acceptors (Lipinski definition) is 2. The van der Waals surface area contributed by atoms with Crippen molar-refractivity contribution in [3.8, 4) is 0 Å². The van der Waals surface area contributed by atoms with Gasteiger partial charge in [0.25, 0.3) is 6.43 Å². The van der Waals surface area contributed by atoms with E-state index in [1.807, 2.05) is 0 Å². The van der Waals surface area contributed by atoms with E-state index < -0.39 is 24.5 Å². The minimum atomic E-state index is -2.74. The number of aliphatic hydroxyl groups excluding tert-OH is 1. The normalized spacial score (nSPS) is 29.5. The van der Waals surface area contributed by atoms with E-state index in [9.17, 15) is 13.6 Å². The number of aliphatic hydroxyl groups is 1. The summed E-state index contributed by atoms with van der Waals surface area (Å²) >= 11 is 0. The lowest BCUT2D eigenvalue weighted by Gasteiger charge is -2.37. The summed E-state index contributed by atoms with van der Waals surface area (Å²) in [6.45, 7) is 0. The van der Waals surface area contributed by atoms with Crippen LogP contribution in [0, 0.1) is 5.92 Å². The van der Waals surface area contributed by atoms with Gasteiger partial charge in [-0.25, -0.2) is 13.6 Å². The number of amides is 1. The molecule has 0 saturated heterocycles. The maximum Gasteiger partial charge on any atom is 0.404 e. The fourth-order valence-electron chi connectivity index (χ4n) is 1.44. The monoisotopic (exact) mass is 195 g/mol. The second kappa shape index (κ2) is 3.87. The van der Waals surface area contributed by atoms with E-state index in [0.717, 1.165) is 0 Å². The number of hydrogen-bond donors (Lipinski definition) is 3. The molecule has 1 aliphatic rings. The van der Waals surface area contributed by atoms with E-state index in [-0.39, 0.29) is 18.9 Å². The molecule has 0 bridgehead atoms. The molecule has 0 aromatic carbocycles. The Balaban J connectivity index is 2.21. The summed E-state index contributed by atoms with van der Waals surface area (Å²) in [5, 5.41) is 19.3. The second-order valence-electron chi connectivity index (χ2n) is 3.20. The van der Waals surface area contributed by atoms with Crippen molar-refractivity contribution in [2.75, 3.05) is 0 Å². The molecule has 1 aliphatic carbocycles. The molecule has 0 spiro atoms. The third-order valence-electron chi connectivity index (χ3n) is 2.24. The Morgan fingerprint density at radius 2 is 2.00 bits per heavy atom. The first-order valence-corrected chi connectivity index (χ1v) is 3.96. The van der Waals surface area contributed by atoms with Gasteiger partial charge in [-0.15, -0.1) is 0 Å². The zero-order chi connectivity index (χ0) is 10.0. The van der Waals surface area contributed by atoms with Gasteiger partial charge < -0.3 is 15.5 Å². The lowest BCUT2D eigenvalue weighted by molar-refractivity contribution is -0.0655. The smallest absolute Gasteiger partial charge is 0.404 e. The van der Waals surface area contributed by atoms with Gasteiger partial charge in [-0.1, -0.05) is 0 Å². The minimum Gasteiger partial charge on any atom is -0.465 e. The number of halogens is 2. The van der Waals surface area contributed by atoms with E-state index in [0.29, 0.717) is 0 Å². The predicted octanol–water partition coefficient (Wildman–Crippen LogP) is 0.659. The Kier molecular flexibility index (Phi) is 3.02. The standard InChI is InChI=1S/C7H11F2NO3/c8-6(9)5(11)3-1-4(2-3)10-7(12)13/h3-6,10-11H,1-2H2,(H,12,13). The van der Waals surface area contributed by atoms with Crippen LogP contribution in [0.25, 0.3) is 0 Å². The van der Waals surface area contributed by atoms with Gasteiger partial charge >= 0.3 is 6.09 Å². The third-order valence-corrected chi connectivity index (χ3v) is 2.24. The van der Waals surface area contributed by atoms with E-state index in [4.69, 9.17) is 10.2 Å². The van der Waals surface area contributed by atoms with Crippen LogP contribution in [0.3, 0.4) is 0 Å². The van der Waals surface area contributed by atoms with Crippen LogP contribution in [0.4, 0.5) is 13.6 Å². The van der Waals surface area contributed by atoms with Crippen LogP contribution in [0.5, 0.6) is 0 Å². The molecule has 1 unspecified atom stereocenters. The molecular weight excluding hydrogens is 184 g/mol. The average molecular weight is 195 g/mol. The van der Waals surface area contributed by atoms with Crippen LogP contribution in [0.2, 0.25) is 0 Å². The van der Waals surface area contributed by atoms with Crippen molar-refractivity contribution in [3.05, 3.63) is 0 Å². The summed E-state index contributed by atoms with van der Waals surface area (Å²) in [5.41, 5.74) is 0. The SMILES string of the molecule is O=C(O)NC1CC(C(O)C(F)F)C1. The number of carbonyl (C=O) groups is 1. The Labute approximate surface area is 73.6 Å². The van der Waals surface area contributed by atoms with Gasteiger partial charge in [0.1, 0.15) is 6.10 Å². The highest BCUT2D eigenvalue weighted by atomic mass is 19.3. The molecule has 6 heteroatoms. The molecule has 1 atom stereocenters. The van der Waals surface area contributed by atoms with E-state index >= 15 is 0 Å². The van der Waals surface area contributed by atoms with Crippen LogP contribution in [0.15, 0.2) is 0 Å². The maximum absolute atomic E-state index is 11.9. The quantitative estimate of drug-likeness (QED) is 0.619. The molecule has 1 rings (SSSR count). The predicted molar refractivity (Wildman–Crippen MR) is 39.7 cm³/mol. The lowest BCUT2D eigenvalue weighted by atomic mass is 9.77. The van der Waals surface area contributed by atoms with Crippen molar-refractivity contribution in [1.82, 2.24) is 5.32 Å². The zero-order valence-corrected chi connectivity index (χ0v) is 6.78. The Morgan fingerprint density at radius 1 is 1.46 bits per heavy atom. The molecule has 0 radical (unpaired) electrons. The second-order valence-corrected chi connectivity index (χ2v) is 3.20. The number of carboxylic acid groups (broad SMARTS) is 1. The summed E-state index contributed by atoms with van der Waals surface area (Å²) < 4.78 is 23.8. The molecule has 0 heterocycles. The van der Waals surface area contributed by atoms with Gasteiger partial charge in [-0.05, 0) is 18.8 Å². The molecule has 13 heavy (non-hydrogen) atoms. The first-order valence-electron chi connectivity index (χ1n) is 3.96. The largest absolute Gasteiger partial charge is 0.465 e. The molecule has 76 valence electrons. The number of rotatable bonds is 3. The minimum absolute atomic E-state index is 0.282. The van der Waals surface area contributed by atoms with Gasteiger partial charge in [0.2, 0.25) is 0 Å². The van der Waals surface area contributed by atoms with Crippen LogP contribution < -0.4 is 5.32 Å². The van der Waals surface area contributed by atoms with Crippen molar-refractivity contribution < 1.29 is 23.8 Å². The number of alkyl halides is 2. The number of nitrogens with one attached hydrogen (secondary N) is 1. The van der Waals surface area contributed by atoms with E-state index in [1.54, 1.807) is 0 Å².